The number of benzene rings is 1. The molecular formula is C13H18BrNO4. The highest BCUT2D eigenvalue weighted by atomic mass is 79.9. The molecule has 1 rings (SSSR count). The molecular weight excluding hydrogens is 314 g/mol. The second-order valence-corrected chi connectivity index (χ2v) is 5.17. The lowest BCUT2D eigenvalue weighted by Gasteiger charge is -2.18. The van der Waals surface area contributed by atoms with E-state index in [1.165, 1.54) is 7.11 Å². The van der Waals surface area contributed by atoms with Crippen LogP contribution in [-0.4, -0.2) is 30.8 Å². The predicted molar refractivity (Wildman–Crippen MR) is 75.9 cm³/mol. The highest BCUT2D eigenvalue weighted by Crippen LogP contribution is 2.37. The van der Waals surface area contributed by atoms with Gasteiger partial charge in [0.15, 0.2) is 11.5 Å². The predicted octanol–water partition coefficient (Wildman–Crippen LogP) is 2.37. The van der Waals surface area contributed by atoms with E-state index in [4.69, 9.17) is 20.3 Å². The van der Waals surface area contributed by atoms with Crippen LogP contribution in [0.1, 0.15) is 25.3 Å². The van der Waals surface area contributed by atoms with Crippen molar-refractivity contribution in [3.8, 4) is 11.5 Å². The summed E-state index contributed by atoms with van der Waals surface area (Å²) in [5, 5.41) is 9.16. The Morgan fingerprint density at radius 1 is 1.42 bits per heavy atom. The second kappa shape index (κ2) is 6.77. The molecule has 0 aliphatic rings. The molecule has 0 aliphatic carbocycles. The van der Waals surface area contributed by atoms with Gasteiger partial charge in [0.05, 0.1) is 19.1 Å². The molecule has 0 heterocycles. The Hall–Kier alpha value is -1.27. The average Bonchev–Trinajstić information content (AvgIpc) is 2.31. The van der Waals surface area contributed by atoms with E-state index < -0.39 is 11.9 Å². The summed E-state index contributed by atoms with van der Waals surface area (Å²) in [6.07, 6.45) is -0.00331. The van der Waals surface area contributed by atoms with Crippen LogP contribution in [0.25, 0.3) is 0 Å². The number of rotatable bonds is 6. The van der Waals surface area contributed by atoms with Crippen molar-refractivity contribution in [2.45, 2.75) is 25.9 Å². The van der Waals surface area contributed by atoms with Gasteiger partial charge in [-0.2, -0.15) is 0 Å². The maximum atomic E-state index is 11.2. The first-order valence-corrected chi connectivity index (χ1v) is 6.67. The molecule has 0 aliphatic heterocycles. The molecule has 0 aromatic heterocycles. The molecule has 0 radical (unpaired) electrons. The number of carboxylic acid groups (broad SMARTS) is 1. The molecule has 1 aromatic carbocycles. The third kappa shape index (κ3) is 3.84. The molecule has 6 heteroatoms. The molecule has 0 saturated heterocycles. The Balaban J connectivity index is 3.25. The Morgan fingerprint density at radius 3 is 2.47 bits per heavy atom. The number of hydrogen-bond donors (Lipinski definition) is 2. The zero-order chi connectivity index (χ0) is 14.6. The van der Waals surface area contributed by atoms with Gasteiger partial charge in [0.1, 0.15) is 0 Å². The van der Waals surface area contributed by atoms with Crippen LogP contribution >= 0.6 is 15.9 Å². The zero-order valence-electron chi connectivity index (χ0n) is 11.1. The number of methoxy groups -OCH3 is 1. The minimum atomic E-state index is -0.970. The van der Waals surface area contributed by atoms with Gasteiger partial charge in [-0.25, -0.2) is 0 Å². The topological polar surface area (TPSA) is 81.8 Å². The molecule has 3 N–H and O–H groups in total. The van der Waals surface area contributed by atoms with Crippen LogP contribution in [0, 0.1) is 0 Å². The molecule has 0 fully saturated rings. The van der Waals surface area contributed by atoms with Crippen molar-refractivity contribution in [3.63, 3.8) is 0 Å². The fourth-order valence-corrected chi connectivity index (χ4v) is 2.28. The maximum absolute atomic E-state index is 11.2. The van der Waals surface area contributed by atoms with Gasteiger partial charge in [-0.1, -0.05) is 15.9 Å². The number of carboxylic acids is 1. The lowest BCUT2D eigenvalue weighted by Crippen LogP contribution is -2.21. The first kappa shape index (κ1) is 15.8. The molecule has 19 heavy (non-hydrogen) atoms. The minimum Gasteiger partial charge on any atom is -0.493 e. The third-order valence-electron chi connectivity index (χ3n) is 2.55. The average molecular weight is 332 g/mol. The Labute approximate surface area is 120 Å². The lowest BCUT2D eigenvalue weighted by atomic mass is 9.99. The van der Waals surface area contributed by atoms with Crippen molar-refractivity contribution in [1.82, 2.24) is 0 Å². The monoisotopic (exact) mass is 331 g/mol. The summed E-state index contributed by atoms with van der Waals surface area (Å²) in [5.74, 6) is -0.694. The van der Waals surface area contributed by atoms with Gasteiger partial charge in [-0.3, -0.25) is 4.79 Å². The van der Waals surface area contributed by atoms with E-state index in [2.05, 4.69) is 15.9 Å². The first-order valence-electron chi connectivity index (χ1n) is 5.87. The summed E-state index contributed by atoms with van der Waals surface area (Å²) in [6.45, 7) is 3.82. The Bertz CT molecular complexity index is 462. The van der Waals surface area contributed by atoms with Crippen LogP contribution in [0.4, 0.5) is 0 Å². The van der Waals surface area contributed by atoms with Gasteiger partial charge < -0.3 is 20.3 Å². The van der Waals surface area contributed by atoms with Gasteiger partial charge in [0.2, 0.25) is 0 Å². The normalized spacial score (nSPS) is 12.3. The van der Waals surface area contributed by atoms with Crippen molar-refractivity contribution in [1.29, 1.82) is 0 Å². The summed E-state index contributed by atoms with van der Waals surface area (Å²) < 4.78 is 11.5. The molecule has 106 valence electrons. The molecule has 1 unspecified atom stereocenters. The van der Waals surface area contributed by atoms with Crippen molar-refractivity contribution >= 4 is 21.9 Å². The van der Waals surface area contributed by atoms with Crippen LogP contribution in [0.5, 0.6) is 11.5 Å². The quantitative estimate of drug-likeness (QED) is 0.836. The minimum absolute atomic E-state index is 0.00331. The van der Waals surface area contributed by atoms with E-state index in [1.807, 2.05) is 13.8 Å². The van der Waals surface area contributed by atoms with E-state index in [0.717, 1.165) is 0 Å². The van der Waals surface area contributed by atoms with E-state index in [-0.39, 0.29) is 12.6 Å². The van der Waals surface area contributed by atoms with E-state index >= 15 is 0 Å². The fourth-order valence-electron chi connectivity index (χ4n) is 1.68. The summed E-state index contributed by atoms with van der Waals surface area (Å²) >= 11 is 3.36. The van der Waals surface area contributed by atoms with E-state index in [9.17, 15) is 4.79 Å². The highest BCUT2D eigenvalue weighted by Gasteiger charge is 2.23. The smallest absolute Gasteiger partial charge is 0.312 e. The van der Waals surface area contributed by atoms with Crippen LogP contribution in [0.3, 0.4) is 0 Å². The molecule has 1 aromatic rings. The molecule has 0 amide bonds. The Morgan fingerprint density at radius 2 is 2.05 bits per heavy atom. The lowest BCUT2D eigenvalue weighted by molar-refractivity contribution is -0.138. The summed E-state index contributed by atoms with van der Waals surface area (Å²) in [4.78, 5) is 11.2. The number of hydrogen-bond acceptors (Lipinski definition) is 4. The molecule has 0 spiro atoms. The summed E-state index contributed by atoms with van der Waals surface area (Å²) in [6, 6.07) is 3.35. The fraction of sp³-hybridized carbons (Fsp3) is 0.462. The summed E-state index contributed by atoms with van der Waals surface area (Å²) in [5.41, 5.74) is 6.08. The molecule has 5 nitrogen and oxygen atoms in total. The van der Waals surface area contributed by atoms with Gasteiger partial charge in [-0.15, -0.1) is 0 Å². The Kier molecular flexibility index (Phi) is 5.62. The highest BCUT2D eigenvalue weighted by molar-refractivity contribution is 9.10. The SMILES string of the molecule is COc1cc(C(CN)C(=O)O)c(Br)cc1OC(C)C. The van der Waals surface area contributed by atoms with Crippen molar-refractivity contribution in [2.24, 2.45) is 5.73 Å². The van der Waals surface area contributed by atoms with Crippen LogP contribution in [0.15, 0.2) is 16.6 Å². The van der Waals surface area contributed by atoms with E-state index in [0.29, 0.717) is 21.5 Å². The number of nitrogens with two attached hydrogens (primary N) is 1. The van der Waals surface area contributed by atoms with Crippen LogP contribution in [-0.2, 0) is 4.79 Å². The second-order valence-electron chi connectivity index (χ2n) is 4.32. The summed E-state index contributed by atoms with van der Waals surface area (Å²) in [7, 11) is 1.51. The maximum Gasteiger partial charge on any atom is 0.312 e. The van der Waals surface area contributed by atoms with Crippen molar-refractivity contribution in [3.05, 3.63) is 22.2 Å². The number of ether oxygens (including phenoxy) is 2. The van der Waals surface area contributed by atoms with Gasteiger partial charge in [0.25, 0.3) is 0 Å². The standard InChI is InChI=1S/C13H18BrNO4/c1-7(2)19-12-5-10(14)8(4-11(12)18-3)9(6-15)13(16)17/h4-5,7,9H,6,15H2,1-3H3,(H,16,17). The molecule has 1 atom stereocenters. The van der Waals surface area contributed by atoms with Crippen molar-refractivity contribution in [2.75, 3.05) is 13.7 Å². The first-order chi connectivity index (χ1) is 8.90. The van der Waals surface area contributed by atoms with Gasteiger partial charge in [0, 0.05) is 11.0 Å². The third-order valence-corrected chi connectivity index (χ3v) is 3.24. The van der Waals surface area contributed by atoms with E-state index in [1.54, 1.807) is 12.1 Å². The molecule has 0 bridgehead atoms. The zero-order valence-corrected chi connectivity index (χ0v) is 12.7. The van der Waals surface area contributed by atoms with Gasteiger partial charge >= 0.3 is 5.97 Å². The van der Waals surface area contributed by atoms with Gasteiger partial charge in [-0.05, 0) is 31.5 Å². The van der Waals surface area contributed by atoms with Crippen molar-refractivity contribution < 1.29 is 19.4 Å². The van der Waals surface area contributed by atoms with Crippen LogP contribution < -0.4 is 15.2 Å². The number of aliphatic carboxylic acids is 1. The number of halogens is 1. The van der Waals surface area contributed by atoms with Crippen LogP contribution in [0.2, 0.25) is 0 Å². The molecule has 0 saturated carbocycles. The largest absolute Gasteiger partial charge is 0.493 e. The number of carbonyl (C=O) groups is 1.